The average Bonchev–Trinajstić information content (AvgIpc) is 2.88. The minimum atomic E-state index is 0.489. The molecule has 2 saturated heterocycles. The summed E-state index contributed by atoms with van der Waals surface area (Å²) < 4.78 is 10.6. The summed E-state index contributed by atoms with van der Waals surface area (Å²) in [5, 5.41) is 0. The molecule has 0 aromatic heterocycles. The van der Waals surface area contributed by atoms with Gasteiger partial charge < -0.3 is 9.47 Å². The van der Waals surface area contributed by atoms with E-state index in [4.69, 9.17) is 9.47 Å². The van der Waals surface area contributed by atoms with Crippen molar-refractivity contribution in [2.75, 3.05) is 6.61 Å². The van der Waals surface area contributed by atoms with Crippen molar-refractivity contribution in [3.63, 3.8) is 0 Å². The maximum absolute atomic E-state index is 5.45. The predicted octanol–water partition coefficient (Wildman–Crippen LogP) is 1.90. The van der Waals surface area contributed by atoms with Crippen molar-refractivity contribution in [2.24, 2.45) is 0 Å². The van der Waals surface area contributed by atoms with Crippen LogP contribution in [0.3, 0.4) is 0 Å². The highest BCUT2D eigenvalue weighted by Gasteiger charge is 2.37. The SMILES string of the molecule is C=CCC1OC1CCCC1CO1. The average molecular weight is 168 g/mol. The van der Waals surface area contributed by atoms with Gasteiger partial charge in [-0.25, -0.2) is 0 Å². The highest BCUT2D eigenvalue weighted by atomic mass is 16.6. The molecule has 2 nitrogen and oxygen atoms in total. The Labute approximate surface area is 73.5 Å². The Morgan fingerprint density at radius 1 is 1.33 bits per heavy atom. The van der Waals surface area contributed by atoms with Crippen LogP contribution >= 0.6 is 0 Å². The van der Waals surface area contributed by atoms with Gasteiger partial charge >= 0.3 is 0 Å². The maximum Gasteiger partial charge on any atom is 0.0876 e. The van der Waals surface area contributed by atoms with Crippen molar-refractivity contribution < 1.29 is 9.47 Å². The van der Waals surface area contributed by atoms with E-state index in [1.807, 2.05) is 6.08 Å². The van der Waals surface area contributed by atoms with Gasteiger partial charge in [-0.05, 0) is 25.7 Å². The molecule has 0 aliphatic carbocycles. The molecule has 3 unspecified atom stereocenters. The Bertz CT molecular complexity index is 163. The van der Waals surface area contributed by atoms with Crippen LogP contribution in [0.4, 0.5) is 0 Å². The Balaban J connectivity index is 1.48. The minimum absolute atomic E-state index is 0.489. The summed E-state index contributed by atoms with van der Waals surface area (Å²) in [5.74, 6) is 0. The van der Waals surface area contributed by atoms with Gasteiger partial charge in [-0.1, -0.05) is 6.08 Å². The van der Waals surface area contributed by atoms with Gasteiger partial charge in [-0.2, -0.15) is 0 Å². The van der Waals surface area contributed by atoms with E-state index in [0.717, 1.165) is 13.0 Å². The zero-order valence-electron chi connectivity index (χ0n) is 7.37. The molecule has 0 saturated carbocycles. The molecule has 2 heterocycles. The minimum Gasteiger partial charge on any atom is -0.373 e. The smallest absolute Gasteiger partial charge is 0.0876 e. The van der Waals surface area contributed by atoms with Crippen LogP contribution < -0.4 is 0 Å². The third-order valence-corrected chi connectivity index (χ3v) is 2.50. The van der Waals surface area contributed by atoms with Crippen LogP contribution in [0.2, 0.25) is 0 Å². The summed E-state index contributed by atoms with van der Waals surface area (Å²) in [6.45, 7) is 4.68. The number of hydrogen-bond acceptors (Lipinski definition) is 2. The fourth-order valence-corrected chi connectivity index (χ4v) is 1.59. The molecule has 0 amide bonds. The van der Waals surface area contributed by atoms with E-state index in [9.17, 15) is 0 Å². The standard InChI is InChI=1S/C10H16O2/c1-2-4-9-10(12-9)6-3-5-8-7-11-8/h2,8-10H,1,3-7H2. The molecule has 2 fully saturated rings. The molecule has 2 heteroatoms. The van der Waals surface area contributed by atoms with Crippen LogP contribution in [0.15, 0.2) is 12.7 Å². The van der Waals surface area contributed by atoms with Crippen molar-refractivity contribution in [1.29, 1.82) is 0 Å². The lowest BCUT2D eigenvalue weighted by Crippen LogP contribution is -1.94. The van der Waals surface area contributed by atoms with Crippen LogP contribution in [0.5, 0.6) is 0 Å². The van der Waals surface area contributed by atoms with E-state index in [0.29, 0.717) is 18.3 Å². The fraction of sp³-hybridized carbons (Fsp3) is 0.800. The lowest BCUT2D eigenvalue weighted by atomic mass is 10.1. The Morgan fingerprint density at radius 3 is 2.83 bits per heavy atom. The fourth-order valence-electron chi connectivity index (χ4n) is 1.59. The van der Waals surface area contributed by atoms with Gasteiger partial charge in [0.25, 0.3) is 0 Å². The molecule has 0 spiro atoms. The summed E-state index contributed by atoms with van der Waals surface area (Å²) in [6.07, 6.45) is 8.24. The van der Waals surface area contributed by atoms with Gasteiger partial charge in [0.15, 0.2) is 0 Å². The molecule has 2 rings (SSSR count). The van der Waals surface area contributed by atoms with Gasteiger partial charge in [-0.15, -0.1) is 6.58 Å². The largest absolute Gasteiger partial charge is 0.373 e. The molecule has 0 bridgehead atoms. The molecule has 68 valence electrons. The summed E-state index contributed by atoms with van der Waals surface area (Å²) in [4.78, 5) is 0. The summed E-state index contributed by atoms with van der Waals surface area (Å²) >= 11 is 0. The van der Waals surface area contributed by atoms with Gasteiger partial charge in [0.2, 0.25) is 0 Å². The molecule has 0 radical (unpaired) electrons. The van der Waals surface area contributed by atoms with Crippen molar-refractivity contribution >= 4 is 0 Å². The van der Waals surface area contributed by atoms with Crippen LogP contribution in [-0.4, -0.2) is 24.9 Å². The first-order valence-electron chi connectivity index (χ1n) is 4.78. The van der Waals surface area contributed by atoms with Crippen molar-refractivity contribution in [2.45, 2.75) is 44.0 Å². The number of hydrogen-bond donors (Lipinski definition) is 0. The van der Waals surface area contributed by atoms with Gasteiger partial charge in [-0.3, -0.25) is 0 Å². The number of ether oxygens (including phenoxy) is 2. The van der Waals surface area contributed by atoms with E-state index >= 15 is 0 Å². The summed E-state index contributed by atoms with van der Waals surface area (Å²) in [5.41, 5.74) is 0. The number of rotatable bonds is 6. The molecule has 0 aromatic carbocycles. The first-order valence-corrected chi connectivity index (χ1v) is 4.78. The summed E-state index contributed by atoms with van der Waals surface area (Å²) in [6, 6.07) is 0. The molecule has 2 aliphatic heterocycles. The second-order valence-electron chi connectivity index (χ2n) is 3.62. The monoisotopic (exact) mass is 168 g/mol. The van der Waals surface area contributed by atoms with E-state index in [2.05, 4.69) is 6.58 Å². The highest BCUT2D eigenvalue weighted by Crippen LogP contribution is 2.31. The summed E-state index contributed by atoms with van der Waals surface area (Å²) in [7, 11) is 0. The Hall–Kier alpha value is -0.340. The van der Waals surface area contributed by atoms with Crippen molar-refractivity contribution in [3.8, 4) is 0 Å². The Kier molecular flexibility index (Phi) is 2.47. The molecule has 0 aromatic rings. The molecule has 0 N–H and O–H groups in total. The molecule has 3 atom stereocenters. The van der Waals surface area contributed by atoms with E-state index in [-0.39, 0.29) is 0 Å². The lowest BCUT2D eigenvalue weighted by Gasteiger charge is -1.92. The first-order chi connectivity index (χ1) is 5.90. The third-order valence-electron chi connectivity index (χ3n) is 2.50. The highest BCUT2D eigenvalue weighted by molar-refractivity contribution is 4.90. The normalized spacial score (nSPS) is 37.8. The predicted molar refractivity (Wildman–Crippen MR) is 47.1 cm³/mol. The third kappa shape index (κ3) is 2.32. The molecule has 2 aliphatic rings. The van der Waals surface area contributed by atoms with Crippen LogP contribution in [-0.2, 0) is 9.47 Å². The van der Waals surface area contributed by atoms with E-state index in [1.54, 1.807) is 0 Å². The topological polar surface area (TPSA) is 25.1 Å². The van der Waals surface area contributed by atoms with Crippen LogP contribution in [0.1, 0.15) is 25.7 Å². The van der Waals surface area contributed by atoms with Gasteiger partial charge in [0, 0.05) is 0 Å². The Morgan fingerprint density at radius 2 is 2.17 bits per heavy atom. The zero-order valence-corrected chi connectivity index (χ0v) is 7.37. The molecular weight excluding hydrogens is 152 g/mol. The van der Waals surface area contributed by atoms with Crippen molar-refractivity contribution in [1.82, 2.24) is 0 Å². The quantitative estimate of drug-likeness (QED) is 0.447. The van der Waals surface area contributed by atoms with Crippen LogP contribution in [0.25, 0.3) is 0 Å². The van der Waals surface area contributed by atoms with Crippen molar-refractivity contribution in [3.05, 3.63) is 12.7 Å². The first kappa shape index (κ1) is 8.27. The zero-order chi connectivity index (χ0) is 8.39. The van der Waals surface area contributed by atoms with E-state index in [1.165, 1.54) is 19.3 Å². The van der Waals surface area contributed by atoms with Gasteiger partial charge in [0.1, 0.15) is 0 Å². The number of epoxide rings is 2. The molecular formula is C10H16O2. The van der Waals surface area contributed by atoms with E-state index < -0.39 is 0 Å². The maximum atomic E-state index is 5.45. The second kappa shape index (κ2) is 3.58. The molecule has 12 heavy (non-hydrogen) atoms. The van der Waals surface area contributed by atoms with Gasteiger partial charge in [0.05, 0.1) is 24.9 Å². The second-order valence-corrected chi connectivity index (χ2v) is 3.62. The lowest BCUT2D eigenvalue weighted by molar-refractivity contribution is 0.349. The van der Waals surface area contributed by atoms with Crippen LogP contribution in [0, 0.1) is 0 Å².